The Morgan fingerprint density at radius 1 is 1.50 bits per heavy atom. The number of halogens is 3. The van der Waals surface area contributed by atoms with Crippen molar-refractivity contribution < 1.29 is 4.39 Å². The number of anilines is 1. The molecule has 0 saturated carbocycles. The number of rotatable bonds is 0. The van der Waals surface area contributed by atoms with E-state index in [1.165, 1.54) is 0 Å². The smallest absolute Gasteiger partial charge is 0.151 e. The van der Waals surface area contributed by atoms with Crippen LogP contribution in [0.2, 0.25) is 0 Å². The van der Waals surface area contributed by atoms with Crippen LogP contribution in [0.15, 0.2) is 15.0 Å². The standard InChI is InChI=1S/C10H10Br2FN/c1-5-2-3-6-8(14-5)4-7(11)10(13)9(6)12/h4-5,14H,2-3H2,1H3. The first kappa shape index (κ1) is 10.4. The second kappa shape index (κ2) is 3.81. The maximum Gasteiger partial charge on any atom is 0.151 e. The van der Waals surface area contributed by atoms with Crippen molar-refractivity contribution >= 4 is 37.5 Å². The Labute approximate surface area is 99.3 Å². The van der Waals surface area contributed by atoms with E-state index in [9.17, 15) is 4.39 Å². The predicted octanol–water partition coefficient (Wildman–Crippen LogP) is 4.10. The molecule has 1 aliphatic rings. The molecule has 0 fully saturated rings. The van der Waals surface area contributed by atoms with Gasteiger partial charge in [0.05, 0.1) is 8.95 Å². The molecule has 14 heavy (non-hydrogen) atoms. The van der Waals surface area contributed by atoms with Crippen LogP contribution >= 0.6 is 31.9 Å². The van der Waals surface area contributed by atoms with Crippen LogP contribution in [0, 0.1) is 5.82 Å². The van der Waals surface area contributed by atoms with Crippen LogP contribution in [0.1, 0.15) is 18.9 Å². The lowest BCUT2D eigenvalue weighted by molar-refractivity contribution is 0.603. The second-order valence-corrected chi connectivity index (χ2v) is 5.24. The predicted molar refractivity (Wildman–Crippen MR) is 63.2 cm³/mol. The molecule has 1 aromatic rings. The van der Waals surface area contributed by atoms with Crippen molar-refractivity contribution in [1.82, 2.24) is 0 Å². The number of hydrogen-bond donors (Lipinski definition) is 1. The molecule has 1 aromatic carbocycles. The second-order valence-electron chi connectivity index (χ2n) is 3.60. The van der Waals surface area contributed by atoms with Gasteiger partial charge in [-0.25, -0.2) is 4.39 Å². The fraction of sp³-hybridized carbons (Fsp3) is 0.400. The van der Waals surface area contributed by atoms with E-state index in [0.717, 1.165) is 24.1 Å². The van der Waals surface area contributed by atoms with E-state index in [0.29, 0.717) is 15.0 Å². The number of fused-ring (bicyclic) bond motifs is 1. The van der Waals surface area contributed by atoms with Gasteiger partial charge in [0.2, 0.25) is 0 Å². The van der Waals surface area contributed by atoms with Crippen LogP contribution in [0.4, 0.5) is 10.1 Å². The van der Waals surface area contributed by atoms with Gasteiger partial charge in [0.15, 0.2) is 5.82 Å². The van der Waals surface area contributed by atoms with Gasteiger partial charge in [-0.3, -0.25) is 0 Å². The first-order valence-electron chi connectivity index (χ1n) is 4.52. The average molecular weight is 323 g/mol. The molecule has 0 aliphatic carbocycles. The van der Waals surface area contributed by atoms with Gasteiger partial charge in [0.1, 0.15) is 0 Å². The topological polar surface area (TPSA) is 12.0 Å². The van der Waals surface area contributed by atoms with Crippen LogP contribution in [0.25, 0.3) is 0 Å². The number of hydrogen-bond acceptors (Lipinski definition) is 1. The molecule has 1 heterocycles. The Kier molecular flexibility index (Phi) is 2.84. The maximum atomic E-state index is 13.5. The van der Waals surface area contributed by atoms with Gasteiger partial charge in [-0.2, -0.15) is 0 Å². The van der Waals surface area contributed by atoms with E-state index >= 15 is 0 Å². The highest BCUT2D eigenvalue weighted by Crippen LogP contribution is 2.36. The lowest BCUT2D eigenvalue weighted by atomic mass is 9.99. The molecule has 1 atom stereocenters. The normalized spacial score (nSPS) is 20.1. The molecule has 0 amide bonds. The molecule has 0 radical (unpaired) electrons. The van der Waals surface area contributed by atoms with Gasteiger partial charge in [-0.05, 0) is 63.3 Å². The molecule has 4 heteroatoms. The largest absolute Gasteiger partial charge is 0.382 e. The zero-order valence-corrected chi connectivity index (χ0v) is 10.9. The summed E-state index contributed by atoms with van der Waals surface area (Å²) in [5.41, 5.74) is 2.08. The molecule has 1 nitrogen and oxygen atoms in total. The Morgan fingerprint density at radius 3 is 2.93 bits per heavy atom. The molecule has 1 N–H and O–H groups in total. The minimum absolute atomic E-state index is 0.208. The van der Waals surface area contributed by atoms with E-state index in [1.807, 2.05) is 6.07 Å². The van der Waals surface area contributed by atoms with Gasteiger partial charge in [0, 0.05) is 11.7 Å². The molecule has 0 saturated heterocycles. The van der Waals surface area contributed by atoms with Crippen molar-refractivity contribution in [1.29, 1.82) is 0 Å². The van der Waals surface area contributed by atoms with E-state index in [2.05, 4.69) is 44.1 Å². The number of nitrogens with one attached hydrogen (secondary N) is 1. The van der Waals surface area contributed by atoms with Crippen LogP contribution in [0.5, 0.6) is 0 Å². The summed E-state index contributed by atoms with van der Waals surface area (Å²) in [7, 11) is 0. The van der Waals surface area contributed by atoms with Crippen LogP contribution in [-0.4, -0.2) is 6.04 Å². The molecule has 0 aromatic heterocycles. The van der Waals surface area contributed by atoms with E-state index < -0.39 is 0 Å². The average Bonchev–Trinajstić information content (AvgIpc) is 2.14. The van der Waals surface area contributed by atoms with Crippen molar-refractivity contribution in [3.63, 3.8) is 0 Å². The van der Waals surface area contributed by atoms with Crippen LogP contribution < -0.4 is 5.32 Å². The maximum absolute atomic E-state index is 13.5. The highest BCUT2D eigenvalue weighted by atomic mass is 79.9. The minimum Gasteiger partial charge on any atom is -0.382 e. The summed E-state index contributed by atoms with van der Waals surface area (Å²) in [4.78, 5) is 0. The molecule has 0 spiro atoms. The monoisotopic (exact) mass is 321 g/mol. The van der Waals surface area contributed by atoms with Gasteiger partial charge in [-0.1, -0.05) is 0 Å². The van der Waals surface area contributed by atoms with Gasteiger partial charge >= 0.3 is 0 Å². The molecule has 1 unspecified atom stereocenters. The molecule has 1 aliphatic heterocycles. The van der Waals surface area contributed by atoms with Crippen molar-refractivity contribution in [2.24, 2.45) is 0 Å². The SMILES string of the molecule is CC1CCc2c(cc(Br)c(F)c2Br)N1. The quantitative estimate of drug-likeness (QED) is 0.709. The minimum atomic E-state index is -0.208. The molecular formula is C10H10Br2FN. The summed E-state index contributed by atoms with van der Waals surface area (Å²) in [5, 5.41) is 3.34. The van der Waals surface area contributed by atoms with Crippen molar-refractivity contribution in [3.05, 3.63) is 26.4 Å². The Bertz CT molecular complexity index is 379. The zero-order valence-electron chi connectivity index (χ0n) is 7.70. The summed E-state index contributed by atoms with van der Waals surface area (Å²) in [5.74, 6) is -0.208. The molecule has 76 valence electrons. The Balaban J connectivity index is 2.54. The fourth-order valence-corrected chi connectivity index (χ4v) is 3.02. The molecule has 2 rings (SSSR count). The van der Waals surface area contributed by atoms with Gasteiger partial charge < -0.3 is 5.32 Å². The first-order chi connectivity index (χ1) is 6.59. The lowest BCUT2D eigenvalue weighted by Crippen LogP contribution is -2.22. The van der Waals surface area contributed by atoms with Crippen LogP contribution in [0.3, 0.4) is 0 Å². The summed E-state index contributed by atoms with van der Waals surface area (Å²) in [6.07, 6.45) is 1.97. The highest BCUT2D eigenvalue weighted by molar-refractivity contribution is 9.11. The third-order valence-corrected chi connectivity index (χ3v) is 3.90. The van der Waals surface area contributed by atoms with E-state index in [-0.39, 0.29) is 5.82 Å². The van der Waals surface area contributed by atoms with E-state index in [4.69, 9.17) is 0 Å². The number of benzene rings is 1. The van der Waals surface area contributed by atoms with E-state index in [1.54, 1.807) is 0 Å². The highest BCUT2D eigenvalue weighted by Gasteiger charge is 2.20. The van der Waals surface area contributed by atoms with Crippen LogP contribution in [-0.2, 0) is 6.42 Å². The molecule has 0 bridgehead atoms. The summed E-state index contributed by atoms with van der Waals surface area (Å²) in [6, 6.07) is 2.28. The third kappa shape index (κ3) is 1.70. The van der Waals surface area contributed by atoms with Gasteiger partial charge in [0.25, 0.3) is 0 Å². The third-order valence-electron chi connectivity index (χ3n) is 2.49. The van der Waals surface area contributed by atoms with Crippen molar-refractivity contribution in [2.75, 3.05) is 5.32 Å². The zero-order chi connectivity index (χ0) is 10.3. The van der Waals surface area contributed by atoms with Gasteiger partial charge in [-0.15, -0.1) is 0 Å². The first-order valence-corrected chi connectivity index (χ1v) is 6.11. The Morgan fingerprint density at radius 2 is 2.21 bits per heavy atom. The fourth-order valence-electron chi connectivity index (χ4n) is 1.70. The lowest BCUT2D eigenvalue weighted by Gasteiger charge is -2.25. The summed E-state index contributed by atoms with van der Waals surface area (Å²) < 4.78 is 14.6. The molecular weight excluding hydrogens is 313 g/mol. The van der Waals surface area contributed by atoms with Crippen molar-refractivity contribution in [2.45, 2.75) is 25.8 Å². The van der Waals surface area contributed by atoms with Crippen molar-refractivity contribution in [3.8, 4) is 0 Å². The Hall–Kier alpha value is -0.0900. The summed E-state index contributed by atoms with van der Waals surface area (Å²) in [6.45, 7) is 2.13. The summed E-state index contributed by atoms with van der Waals surface area (Å²) >= 11 is 6.49.